The van der Waals surface area contributed by atoms with Crippen LogP contribution in [0.2, 0.25) is 0 Å². The summed E-state index contributed by atoms with van der Waals surface area (Å²) in [6.07, 6.45) is 10.5. The molecule has 2 atom stereocenters. The topological polar surface area (TPSA) is 55.1 Å². The first-order valence-corrected chi connectivity index (χ1v) is 4.37. The van der Waals surface area contributed by atoms with E-state index in [2.05, 4.69) is 11.2 Å². The molecule has 1 amide bonds. The van der Waals surface area contributed by atoms with Crippen molar-refractivity contribution in [3.05, 3.63) is 12.2 Å². The summed E-state index contributed by atoms with van der Waals surface area (Å²) in [6, 6.07) is -0.0669. The Morgan fingerprint density at radius 1 is 1.62 bits per heavy atom. The van der Waals surface area contributed by atoms with E-state index in [1.807, 2.05) is 12.2 Å². The molecule has 0 saturated carbocycles. The molecule has 1 aliphatic carbocycles. The van der Waals surface area contributed by atoms with E-state index in [0.29, 0.717) is 0 Å². The second-order valence-electron chi connectivity index (χ2n) is 3.14. The van der Waals surface area contributed by atoms with Crippen LogP contribution < -0.4 is 11.1 Å². The molecule has 3 nitrogen and oxygen atoms in total. The number of carbonyl (C=O) groups is 1. The predicted molar refractivity (Wildman–Crippen MR) is 51.7 cm³/mol. The van der Waals surface area contributed by atoms with Crippen LogP contribution in [0.5, 0.6) is 0 Å². The van der Waals surface area contributed by atoms with Gasteiger partial charge in [-0.3, -0.25) is 4.79 Å². The molecular weight excluding hydrogens is 164 g/mol. The highest BCUT2D eigenvalue weighted by Gasteiger charge is 2.25. The summed E-state index contributed by atoms with van der Waals surface area (Å²) in [5, 5.41) is 2.64. The summed E-state index contributed by atoms with van der Waals surface area (Å²) in [5.74, 6) is 2.22. The predicted octanol–water partition coefficient (Wildman–Crippen LogP) is 0.0293. The first-order valence-electron chi connectivity index (χ1n) is 4.37. The second-order valence-corrected chi connectivity index (χ2v) is 3.14. The van der Waals surface area contributed by atoms with Crippen LogP contribution in [0.25, 0.3) is 0 Å². The monoisotopic (exact) mass is 178 g/mol. The van der Waals surface area contributed by atoms with Crippen molar-refractivity contribution in [1.29, 1.82) is 0 Å². The molecule has 1 rings (SSSR count). The Morgan fingerprint density at radius 2 is 2.31 bits per heavy atom. The minimum Gasteiger partial charge on any atom is -0.345 e. The highest BCUT2D eigenvalue weighted by atomic mass is 16.1. The molecule has 0 heterocycles. The number of terminal acetylenes is 1. The Bertz CT molecular complexity index is 252. The van der Waals surface area contributed by atoms with Gasteiger partial charge >= 0.3 is 0 Å². The van der Waals surface area contributed by atoms with Crippen LogP contribution >= 0.6 is 0 Å². The van der Waals surface area contributed by atoms with E-state index in [-0.39, 0.29) is 24.4 Å². The highest BCUT2D eigenvalue weighted by molar-refractivity contribution is 5.80. The van der Waals surface area contributed by atoms with E-state index in [0.717, 1.165) is 12.8 Å². The lowest BCUT2D eigenvalue weighted by atomic mass is 9.89. The van der Waals surface area contributed by atoms with Crippen molar-refractivity contribution in [2.24, 2.45) is 11.7 Å². The fourth-order valence-electron chi connectivity index (χ4n) is 1.41. The van der Waals surface area contributed by atoms with E-state index >= 15 is 0 Å². The summed E-state index contributed by atoms with van der Waals surface area (Å²) >= 11 is 0. The number of rotatable bonds is 2. The quantitative estimate of drug-likeness (QED) is 0.463. The second kappa shape index (κ2) is 4.68. The average Bonchev–Trinajstić information content (AvgIpc) is 2.15. The number of nitrogens with one attached hydrogen (secondary N) is 1. The number of amides is 1. The van der Waals surface area contributed by atoms with Crippen molar-refractivity contribution in [2.45, 2.75) is 18.9 Å². The van der Waals surface area contributed by atoms with E-state index in [9.17, 15) is 4.79 Å². The van der Waals surface area contributed by atoms with Crippen LogP contribution in [0, 0.1) is 18.3 Å². The molecule has 3 N–H and O–H groups in total. The van der Waals surface area contributed by atoms with Crippen LogP contribution in [-0.4, -0.2) is 18.5 Å². The van der Waals surface area contributed by atoms with Crippen molar-refractivity contribution in [2.75, 3.05) is 6.54 Å². The summed E-state index contributed by atoms with van der Waals surface area (Å²) < 4.78 is 0. The number of nitrogens with two attached hydrogens (primary N) is 1. The lowest BCUT2D eigenvalue weighted by Gasteiger charge is -2.23. The van der Waals surface area contributed by atoms with Crippen molar-refractivity contribution in [3.63, 3.8) is 0 Å². The maximum atomic E-state index is 11.4. The Labute approximate surface area is 78.4 Å². The first kappa shape index (κ1) is 9.82. The van der Waals surface area contributed by atoms with Crippen molar-refractivity contribution in [3.8, 4) is 12.3 Å². The summed E-state index contributed by atoms with van der Waals surface area (Å²) in [7, 11) is 0. The molecule has 0 aromatic rings. The number of carbonyl (C=O) groups excluding carboxylic acids is 1. The van der Waals surface area contributed by atoms with Gasteiger partial charge in [0, 0.05) is 6.04 Å². The summed E-state index contributed by atoms with van der Waals surface area (Å²) in [4.78, 5) is 11.4. The third-order valence-corrected chi connectivity index (χ3v) is 2.18. The van der Waals surface area contributed by atoms with Crippen molar-refractivity contribution >= 4 is 5.91 Å². The van der Waals surface area contributed by atoms with Crippen LogP contribution in [0.1, 0.15) is 12.8 Å². The third-order valence-electron chi connectivity index (χ3n) is 2.18. The molecule has 0 fully saturated rings. The van der Waals surface area contributed by atoms with E-state index in [1.165, 1.54) is 0 Å². The SMILES string of the molecule is C#CCNC(=O)[C@H]1CC=CC[C@@H]1N. The lowest BCUT2D eigenvalue weighted by Crippen LogP contribution is -2.42. The van der Waals surface area contributed by atoms with Gasteiger partial charge in [-0.1, -0.05) is 18.1 Å². The molecular formula is C10H14N2O. The average molecular weight is 178 g/mol. The minimum atomic E-state index is -0.113. The molecule has 70 valence electrons. The molecule has 0 spiro atoms. The zero-order valence-corrected chi connectivity index (χ0v) is 7.49. The molecule has 0 aromatic heterocycles. The van der Waals surface area contributed by atoms with Gasteiger partial charge in [0.25, 0.3) is 0 Å². The van der Waals surface area contributed by atoms with Gasteiger partial charge in [-0.05, 0) is 12.8 Å². The Kier molecular flexibility index (Phi) is 3.53. The van der Waals surface area contributed by atoms with Gasteiger partial charge in [0.2, 0.25) is 5.91 Å². The fourth-order valence-corrected chi connectivity index (χ4v) is 1.41. The zero-order valence-electron chi connectivity index (χ0n) is 7.49. The van der Waals surface area contributed by atoms with Gasteiger partial charge in [0.05, 0.1) is 12.5 Å². The summed E-state index contributed by atoms with van der Waals surface area (Å²) in [6.45, 7) is 0.283. The Balaban J connectivity index is 2.46. The molecule has 3 heteroatoms. The van der Waals surface area contributed by atoms with Crippen LogP contribution in [0.4, 0.5) is 0 Å². The van der Waals surface area contributed by atoms with E-state index < -0.39 is 0 Å². The molecule has 0 unspecified atom stereocenters. The molecule has 0 aromatic carbocycles. The number of hydrogen-bond acceptors (Lipinski definition) is 2. The highest BCUT2D eigenvalue weighted by Crippen LogP contribution is 2.17. The van der Waals surface area contributed by atoms with Crippen LogP contribution in [-0.2, 0) is 4.79 Å². The molecule has 0 saturated heterocycles. The molecule has 0 aliphatic heterocycles. The molecule has 0 bridgehead atoms. The maximum Gasteiger partial charge on any atom is 0.225 e. The largest absolute Gasteiger partial charge is 0.345 e. The zero-order chi connectivity index (χ0) is 9.68. The van der Waals surface area contributed by atoms with Gasteiger partial charge in [-0.2, -0.15) is 0 Å². The smallest absolute Gasteiger partial charge is 0.225 e. The normalized spacial score (nSPS) is 26.5. The first-order chi connectivity index (χ1) is 6.25. The summed E-state index contributed by atoms with van der Waals surface area (Å²) in [5.41, 5.74) is 5.79. The van der Waals surface area contributed by atoms with E-state index in [1.54, 1.807) is 0 Å². The Hall–Kier alpha value is -1.27. The fraction of sp³-hybridized carbons (Fsp3) is 0.500. The standard InChI is InChI=1S/C10H14N2O/c1-2-7-12-10(13)8-5-3-4-6-9(8)11/h1,3-4,8-9H,5-7,11H2,(H,12,13)/t8-,9-/m0/s1. The van der Waals surface area contributed by atoms with E-state index in [4.69, 9.17) is 12.2 Å². The van der Waals surface area contributed by atoms with Gasteiger partial charge in [-0.15, -0.1) is 6.42 Å². The lowest BCUT2D eigenvalue weighted by molar-refractivity contribution is -0.125. The van der Waals surface area contributed by atoms with Crippen LogP contribution in [0.3, 0.4) is 0 Å². The number of allylic oxidation sites excluding steroid dienone is 1. The maximum absolute atomic E-state index is 11.4. The van der Waals surface area contributed by atoms with Crippen molar-refractivity contribution < 1.29 is 4.79 Å². The number of hydrogen-bond donors (Lipinski definition) is 2. The molecule has 0 radical (unpaired) electrons. The van der Waals surface area contributed by atoms with Crippen molar-refractivity contribution in [1.82, 2.24) is 5.32 Å². The Morgan fingerprint density at radius 3 is 2.92 bits per heavy atom. The van der Waals surface area contributed by atoms with Gasteiger partial charge < -0.3 is 11.1 Å². The van der Waals surface area contributed by atoms with Gasteiger partial charge in [0.15, 0.2) is 0 Å². The van der Waals surface area contributed by atoms with Gasteiger partial charge in [-0.25, -0.2) is 0 Å². The molecule has 1 aliphatic rings. The van der Waals surface area contributed by atoms with Crippen LogP contribution in [0.15, 0.2) is 12.2 Å². The van der Waals surface area contributed by atoms with Gasteiger partial charge in [0.1, 0.15) is 0 Å². The molecule has 13 heavy (non-hydrogen) atoms. The third kappa shape index (κ3) is 2.60. The minimum absolute atomic E-state index is 0.0326.